The average molecular weight is 286 g/mol. The van der Waals surface area contributed by atoms with E-state index in [0.29, 0.717) is 11.3 Å². The van der Waals surface area contributed by atoms with E-state index < -0.39 is 4.92 Å². The maximum absolute atomic E-state index is 12.2. The molecule has 0 unspecified atom stereocenters. The number of rotatable bonds is 4. The van der Waals surface area contributed by atoms with Crippen molar-refractivity contribution in [2.24, 2.45) is 0 Å². The summed E-state index contributed by atoms with van der Waals surface area (Å²) in [5, 5.41) is 13.5. The van der Waals surface area contributed by atoms with E-state index in [-0.39, 0.29) is 17.6 Å². The van der Waals surface area contributed by atoms with E-state index in [9.17, 15) is 14.9 Å². The molecular formula is C15H16N3O3+. The number of carbonyl (C=O) groups excluding carboxylic acids is 1. The molecule has 0 aliphatic carbocycles. The van der Waals surface area contributed by atoms with Crippen LogP contribution < -0.4 is 9.88 Å². The molecular weight excluding hydrogens is 270 g/mol. The smallest absolute Gasteiger partial charge is 0.293 e. The molecule has 1 aromatic heterocycles. The molecule has 21 heavy (non-hydrogen) atoms. The van der Waals surface area contributed by atoms with Gasteiger partial charge in [-0.2, -0.15) is 4.57 Å². The minimum Gasteiger partial charge on any atom is -0.320 e. The van der Waals surface area contributed by atoms with Gasteiger partial charge in [-0.15, -0.1) is 0 Å². The number of carbonyl (C=O) groups is 1. The number of aromatic nitrogens is 1. The molecule has 1 heterocycles. The molecule has 1 atom stereocenters. The van der Waals surface area contributed by atoms with Crippen molar-refractivity contribution in [3.63, 3.8) is 0 Å². The second-order valence-corrected chi connectivity index (χ2v) is 4.74. The van der Waals surface area contributed by atoms with Crippen molar-refractivity contribution < 1.29 is 14.3 Å². The van der Waals surface area contributed by atoms with Crippen molar-refractivity contribution in [1.82, 2.24) is 0 Å². The van der Waals surface area contributed by atoms with Gasteiger partial charge in [-0.25, -0.2) is 0 Å². The van der Waals surface area contributed by atoms with E-state index in [1.807, 2.05) is 30.6 Å². The summed E-state index contributed by atoms with van der Waals surface area (Å²) >= 11 is 0. The minimum atomic E-state index is -0.457. The quantitative estimate of drug-likeness (QED) is 0.532. The van der Waals surface area contributed by atoms with Gasteiger partial charge in [-0.3, -0.25) is 14.9 Å². The molecule has 0 aliphatic rings. The number of amides is 1. The fraction of sp³-hybridized carbons (Fsp3) is 0.200. The number of nitro groups is 1. The highest BCUT2D eigenvalue weighted by molar-refractivity contribution is 5.93. The first-order valence-electron chi connectivity index (χ1n) is 6.50. The Bertz CT molecular complexity index is 671. The first-order valence-corrected chi connectivity index (χ1v) is 6.50. The van der Waals surface area contributed by atoms with Crippen LogP contribution in [0.2, 0.25) is 0 Å². The summed E-state index contributed by atoms with van der Waals surface area (Å²) in [5.41, 5.74) is 1.24. The summed E-state index contributed by atoms with van der Waals surface area (Å²) < 4.78 is 1.79. The lowest BCUT2D eigenvalue weighted by molar-refractivity contribution is -0.705. The fourth-order valence-corrected chi connectivity index (χ4v) is 1.94. The van der Waals surface area contributed by atoms with Crippen LogP contribution in [0, 0.1) is 17.0 Å². The lowest BCUT2D eigenvalue weighted by Gasteiger charge is -2.10. The lowest BCUT2D eigenvalue weighted by atomic mass is 10.1. The van der Waals surface area contributed by atoms with E-state index in [2.05, 4.69) is 5.32 Å². The highest BCUT2D eigenvalue weighted by Crippen LogP contribution is 2.21. The second kappa shape index (κ2) is 6.13. The molecule has 1 N–H and O–H groups in total. The number of nitro benzene ring substituents is 1. The van der Waals surface area contributed by atoms with Crippen LogP contribution in [0.15, 0.2) is 48.8 Å². The van der Waals surface area contributed by atoms with Crippen molar-refractivity contribution in [1.29, 1.82) is 0 Å². The van der Waals surface area contributed by atoms with Gasteiger partial charge in [0.15, 0.2) is 12.4 Å². The number of non-ortho nitro benzene ring substituents is 1. The Kier molecular flexibility index (Phi) is 4.27. The van der Waals surface area contributed by atoms with Gasteiger partial charge >= 0.3 is 0 Å². The van der Waals surface area contributed by atoms with Gasteiger partial charge in [-0.1, -0.05) is 6.07 Å². The molecule has 0 spiro atoms. The Morgan fingerprint density at radius 1 is 1.29 bits per heavy atom. The molecule has 0 aliphatic heterocycles. The Labute approximate surface area is 122 Å². The Morgan fingerprint density at radius 3 is 2.52 bits per heavy atom. The van der Waals surface area contributed by atoms with Gasteiger partial charge < -0.3 is 5.32 Å². The summed E-state index contributed by atoms with van der Waals surface area (Å²) in [5.74, 6) is -0.178. The number of anilines is 1. The molecule has 6 nitrogen and oxygen atoms in total. The third-order valence-electron chi connectivity index (χ3n) is 3.24. The maximum atomic E-state index is 12.2. The molecule has 0 fully saturated rings. The van der Waals surface area contributed by atoms with Gasteiger partial charge in [0, 0.05) is 36.9 Å². The Hall–Kier alpha value is -2.76. The number of benzene rings is 1. The Morgan fingerprint density at radius 2 is 1.95 bits per heavy atom. The summed E-state index contributed by atoms with van der Waals surface area (Å²) in [7, 11) is 0. The standard InChI is InChI=1S/C15H15N3O3/c1-11-10-13(18(20)21)6-7-14(11)16-15(19)12(2)17-8-4-3-5-9-17/h3-10,12H,1-2H3/p+1/t12-/m1/s1. The number of aryl methyl sites for hydroxylation is 1. The molecule has 0 saturated carbocycles. The van der Waals surface area contributed by atoms with E-state index in [0.717, 1.165) is 0 Å². The summed E-state index contributed by atoms with van der Waals surface area (Å²) in [6.07, 6.45) is 3.62. The number of hydrogen-bond acceptors (Lipinski definition) is 3. The average Bonchev–Trinajstić information content (AvgIpc) is 2.49. The van der Waals surface area contributed by atoms with Crippen molar-refractivity contribution in [2.45, 2.75) is 19.9 Å². The van der Waals surface area contributed by atoms with Crippen LogP contribution in [0.25, 0.3) is 0 Å². The molecule has 0 radical (unpaired) electrons. The number of pyridine rings is 1. The third kappa shape index (κ3) is 3.42. The van der Waals surface area contributed by atoms with Gasteiger partial charge in [0.25, 0.3) is 11.6 Å². The molecule has 1 aromatic carbocycles. The van der Waals surface area contributed by atoms with Gasteiger partial charge in [-0.05, 0) is 18.6 Å². The monoisotopic (exact) mass is 286 g/mol. The molecule has 0 saturated heterocycles. The predicted molar refractivity (Wildman–Crippen MR) is 77.8 cm³/mol. The zero-order valence-corrected chi connectivity index (χ0v) is 11.8. The normalized spacial score (nSPS) is 11.7. The molecule has 0 bridgehead atoms. The molecule has 6 heteroatoms. The first-order chi connectivity index (χ1) is 9.99. The van der Waals surface area contributed by atoms with E-state index in [1.165, 1.54) is 12.1 Å². The van der Waals surface area contributed by atoms with E-state index >= 15 is 0 Å². The fourth-order valence-electron chi connectivity index (χ4n) is 1.94. The topological polar surface area (TPSA) is 76.1 Å². The minimum absolute atomic E-state index is 0.0102. The Balaban J connectivity index is 2.15. The van der Waals surface area contributed by atoms with Crippen LogP contribution >= 0.6 is 0 Å². The molecule has 1 amide bonds. The number of hydrogen-bond donors (Lipinski definition) is 1. The summed E-state index contributed by atoms with van der Waals surface area (Å²) in [6, 6.07) is 9.57. The van der Waals surface area contributed by atoms with Crippen LogP contribution in [0.3, 0.4) is 0 Å². The van der Waals surface area contributed by atoms with Crippen molar-refractivity contribution in [3.05, 3.63) is 64.5 Å². The summed E-state index contributed by atoms with van der Waals surface area (Å²) in [4.78, 5) is 22.5. The number of nitrogens with one attached hydrogen (secondary N) is 1. The first kappa shape index (κ1) is 14.6. The zero-order chi connectivity index (χ0) is 15.4. The highest BCUT2D eigenvalue weighted by Gasteiger charge is 2.22. The predicted octanol–water partition coefficient (Wildman–Crippen LogP) is 2.39. The van der Waals surface area contributed by atoms with E-state index in [1.54, 1.807) is 24.5 Å². The van der Waals surface area contributed by atoms with Crippen molar-refractivity contribution in [2.75, 3.05) is 5.32 Å². The number of nitrogens with zero attached hydrogens (tertiary/aromatic N) is 2. The molecule has 2 aromatic rings. The highest BCUT2D eigenvalue weighted by atomic mass is 16.6. The largest absolute Gasteiger partial charge is 0.320 e. The van der Waals surface area contributed by atoms with Crippen molar-refractivity contribution >= 4 is 17.3 Å². The van der Waals surface area contributed by atoms with Crippen LogP contribution in [0.4, 0.5) is 11.4 Å². The van der Waals surface area contributed by atoms with E-state index in [4.69, 9.17) is 0 Å². The zero-order valence-electron chi connectivity index (χ0n) is 11.8. The van der Waals surface area contributed by atoms with Crippen molar-refractivity contribution in [3.8, 4) is 0 Å². The third-order valence-corrected chi connectivity index (χ3v) is 3.24. The van der Waals surface area contributed by atoms with Gasteiger partial charge in [0.2, 0.25) is 6.04 Å². The van der Waals surface area contributed by atoms with Crippen LogP contribution in [0.1, 0.15) is 18.5 Å². The van der Waals surface area contributed by atoms with Gasteiger partial charge in [0.1, 0.15) is 0 Å². The second-order valence-electron chi connectivity index (χ2n) is 4.74. The maximum Gasteiger partial charge on any atom is 0.293 e. The van der Waals surface area contributed by atoms with Crippen LogP contribution in [0.5, 0.6) is 0 Å². The van der Waals surface area contributed by atoms with Crippen LogP contribution in [-0.2, 0) is 4.79 Å². The van der Waals surface area contributed by atoms with Crippen LogP contribution in [-0.4, -0.2) is 10.8 Å². The SMILES string of the molecule is Cc1cc([N+](=O)[O-])ccc1NC(=O)[C@@H](C)[n+]1ccccc1. The molecule has 108 valence electrons. The van der Waals surface area contributed by atoms with Gasteiger partial charge in [0.05, 0.1) is 4.92 Å². The summed E-state index contributed by atoms with van der Waals surface area (Å²) in [6.45, 7) is 3.51. The lowest BCUT2D eigenvalue weighted by Crippen LogP contribution is -2.43. The molecule has 2 rings (SSSR count).